The summed E-state index contributed by atoms with van der Waals surface area (Å²) in [6, 6.07) is 4.06. The molecule has 94 valence electrons. The lowest BCUT2D eigenvalue weighted by atomic mass is 9.99. The molecule has 0 heterocycles. The van der Waals surface area contributed by atoms with Crippen LogP contribution in [0, 0.1) is 10.1 Å². The van der Waals surface area contributed by atoms with Crippen molar-refractivity contribution >= 4 is 21.6 Å². The number of aliphatic hydroxyl groups excluding tert-OH is 1. The molecule has 1 aromatic carbocycles. The van der Waals surface area contributed by atoms with Gasteiger partial charge in [0.05, 0.1) is 21.5 Å². The summed E-state index contributed by atoms with van der Waals surface area (Å²) < 4.78 is 0.406. The van der Waals surface area contributed by atoms with Crippen LogP contribution in [0.4, 0.5) is 5.69 Å². The average Bonchev–Trinajstić information content (AvgIpc) is 2.28. The van der Waals surface area contributed by atoms with Gasteiger partial charge in [0.1, 0.15) is 0 Å². The van der Waals surface area contributed by atoms with E-state index in [0.29, 0.717) is 16.5 Å². The normalized spacial score (nSPS) is 14.4. The lowest BCUT2D eigenvalue weighted by molar-refractivity contribution is -0.385. The number of nitrogens with two attached hydrogens (primary N) is 1. The van der Waals surface area contributed by atoms with Crippen LogP contribution < -0.4 is 5.73 Å². The van der Waals surface area contributed by atoms with E-state index in [0.717, 1.165) is 6.42 Å². The summed E-state index contributed by atoms with van der Waals surface area (Å²) in [5, 5.41) is 20.5. The predicted molar refractivity (Wildman–Crippen MR) is 68.6 cm³/mol. The number of nitro groups is 1. The molecule has 2 atom stereocenters. The van der Waals surface area contributed by atoms with E-state index in [1.807, 2.05) is 6.92 Å². The summed E-state index contributed by atoms with van der Waals surface area (Å²) >= 11 is 3.10. The van der Waals surface area contributed by atoms with Crippen LogP contribution in [0.25, 0.3) is 0 Å². The second kappa shape index (κ2) is 6.09. The predicted octanol–water partition coefficient (Wildman–Crippen LogP) is 2.52. The van der Waals surface area contributed by atoms with E-state index in [1.54, 1.807) is 12.1 Å². The van der Waals surface area contributed by atoms with Crippen molar-refractivity contribution in [2.45, 2.75) is 31.9 Å². The highest BCUT2D eigenvalue weighted by Gasteiger charge is 2.20. The Morgan fingerprint density at radius 1 is 1.59 bits per heavy atom. The largest absolute Gasteiger partial charge is 0.391 e. The Hall–Kier alpha value is -0.980. The Labute approximate surface area is 108 Å². The molecule has 0 aliphatic heterocycles. The SMILES string of the molecule is CCC[C@H](O)[C@H](N)c1ccc(Br)c([N+](=O)[O-])c1. The molecule has 0 amide bonds. The lowest BCUT2D eigenvalue weighted by Gasteiger charge is -2.18. The minimum absolute atomic E-state index is 0.0401. The summed E-state index contributed by atoms with van der Waals surface area (Å²) in [6.45, 7) is 1.94. The van der Waals surface area contributed by atoms with Crippen molar-refractivity contribution in [1.29, 1.82) is 0 Å². The van der Waals surface area contributed by atoms with Crippen molar-refractivity contribution in [3.05, 3.63) is 38.3 Å². The molecule has 0 saturated heterocycles. The number of nitrogens with zero attached hydrogens (tertiary/aromatic N) is 1. The van der Waals surface area contributed by atoms with Crippen LogP contribution in [0.15, 0.2) is 22.7 Å². The molecule has 0 saturated carbocycles. The summed E-state index contributed by atoms with van der Waals surface area (Å²) in [4.78, 5) is 10.3. The highest BCUT2D eigenvalue weighted by molar-refractivity contribution is 9.10. The molecule has 0 radical (unpaired) electrons. The van der Waals surface area contributed by atoms with Crippen LogP contribution in [-0.4, -0.2) is 16.1 Å². The molecule has 17 heavy (non-hydrogen) atoms. The first kappa shape index (κ1) is 14.1. The highest BCUT2D eigenvalue weighted by Crippen LogP contribution is 2.29. The Bertz CT molecular complexity index is 412. The van der Waals surface area contributed by atoms with Gasteiger partial charge in [-0.05, 0) is 34.0 Å². The third-order valence-electron chi connectivity index (χ3n) is 2.55. The molecule has 1 rings (SSSR count). The van der Waals surface area contributed by atoms with Crippen molar-refractivity contribution in [2.24, 2.45) is 5.73 Å². The Balaban J connectivity index is 2.99. The van der Waals surface area contributed by atoms with Crippen molar-refractivity contribution in [2.75, 3.05) is 0 Å². The molecular weight excluding hydrogens is 288 g/mol. The number of nitro benzene ring substituents is 1. The van der Waals surface area contributed by atoms with E-state index < -0.39 is 17.1 Å². The highest BCUT2D eigenvalue weighted by atomic mass is 79.9. The topological polar surface area (TPSA) is 89.4 Å². The van der Waals surface area contributed by atoms with Gasteiger partial charge >= 0.3 is 0 Å². The maximum atomic E-state index is 10.8. The summed E-state index contributed by atoms with van der Waals surface area (Å²) in [6.07, 6.45) is 0.708. The first-order valence-corrected chi connectivity index (χ1v) is 6.14. The van der Waals surface area contributed by atoms with Crippen LogP contribution in [0.5, 0.6) is 0 Å². The molecule has 0 bridgehead atoms. The van der Waals surface area contributed by atoms with Gasteiger partial charge in [0.25, 0.3) is 5.69 Å². The Morgan fingerprint density at radius 2 is 2.24 bits per heavy atom. The quantitative estimate of drug-likeness (QED) is 0.646. The second-order valence-electron chi connectivity index (χ2n) is 3.85. The maximum absolute atomic E-state index is 10.8. The molecule has 0 aliphatic carbocycles. The van der Waals surface area contributed by atoms with E-state index in [-0.39, 0.29) is 5.69 Å². The number of halogens is 1. The molecule has 1 aromatic rings. The minimum Gasteiger partial charge on any atom is -0.391 e. The standard InChI is InChI=1S/C11H15BrN2O3/c1-2-3-10(15)11(13)7-4-5-8(12)9(6-7)14(16)17/h4-6,10-11,15H,2-3,13H2,1H3/t10-,11+/m0/s1. The fourth-order valence-electron chi connectivity index (χ4n) is 1.57. The second-order valence-corrected chi connectivity index (χ2v) is 4.70. The van der Waals surface area contributed by atoms with Crippen molar-refractivity contribution < 1.29 is 10.0 Å². The molecular formula is C11H15BrN2O3. The van der Waals surface area contributed by atoms with E-state index >= 15 is 0 Å². The van der Waals surface area contributed by atoms with Crippen LogP contribution in [-0.2, 0) is 0 Å². The van der Waals surface area contributed by atoms with Gasteiger partial charge in [-0.2, -0.15) is 0 Å². The number of aliphatic hydroxyl groups is 1. The van der Waals surface area contributed by atoms with Crippen molar-refractivity contribution in [3.63, 3.8) is 0 Å². The summed E-state index contributed by atoms with van der Waals surface area (Å²) in [5.41, 5.74) is 6.39. The minimum atomic E-state index is -0.680. The number of hydrogen-bond donors (Lipinski definition) is 2. The van der Waals surface area contributed by atoms with Crippen molar-refractivity contribution in [1.82, 2.24) is 0 Å². The van der Waals surface area contributed by atoms with Gasteiger partial charge in [-0.3, -0.25) is 10.1 Å². The fraction of sp³-hybridized carbons (Fsp3) is 0.455. The molecule has 0 aromatic heterocycles. The summed E-state index contributed by atoms with van der Waals surface area (Å²) in [7, 11) is 0. The average molecular weight is 303 g/mol. The fourth-order valence-corrected chi connectivity index (χ4v) is 1.97. The molecule has 0 fully saturated rings. The lowest BCUT2D eigenvalue weighted by Crippen LogP contribution is -2.26. The zero-order valence-electron chi connectivity index (χ0n) is 9.47. The van der Waals surface area contributed by atoms with Gasteiger partial charge in [-0.25, -0.2) is 0 Å². The zero-order chi connectivity index (χ0) is 13.0. The first-order chi connectivity index (χ1) is 7.97. The summed E-state index contributed by atoms with van der Waals surface area (Å²) in [5.74, 6) is 0. The van der Waals surface area contributed by atoms with E-state index in [4.69, 9.17) is 5.73 Å². The molecule has 3 N–H and O–H groups in total. The van der Waals surface area contributed by atoms with Gasteiger partial charge in [0.2, 0.25) is 0 Å². The van der Waals surface area contributed by atoms with Crippen LogP contribution in [0.1, 0.15) is 31.4 Å². The van der Waals surface area contributed by atoms with Gasteiger partial charge in [-0.1, -0.05) is 19.4 Å². The van der Waals surface area contributed by atoms with Crippen molar-refractivity contribution in [3.8, 4) is 0 Å². The molecule has 6 heteroatoms. The van der Waals surface area contributed by atoms with Gasteiger partial charge in [0.15, 0.2) is 0 Å². The van der Waals surface area contributed by atoms with E-state index in [2.05, 4.69) is 15.9 Å². The van der Waals surface area contributed by atoms with E-state index in [9.17, 15) is 15.2 Å². The maximum Gasteiger partial charge on any atom is 0.283 e. The van der Waals surface area contributed by atoms with Crippen LogP contribution in [0.2, 0.25) is 0 Å². The van der Waals surface area contributed by atoms with Gasteiger partial charge < -0.3 is 10.8 Å². The number of rotatable bonds is 5. The van der Waals surface area contributed by atoms with Gasteiger partial charge in [-0.15, -0.1) is 0 Å². The number of benzene rings is 1. The van der Waals surface area contributed by atoms with E-state index in [1.165, 1.54) is 6.07 Å². The third-order valence-corrected chi connectivity index (χ3v) is 3.22. The molecule has 0 unspecified atom stereocenters. The van der Waals surface area contributed by atoms with Crippen LogP contribution in [0.3, 0.4) is 0 Å². The monoisotopic (exact) mass is 302 g/mol. The Kier molecular flexibility index (Phi) is 5.04. The van der Waals surface area contributed by atoms with Crippen LogP contribution >= 0.6 is 15.9 Å². The first-order valence-electron chi connectivity index (χ1n) is 5.34. The Morgan fingerprint density at radius 3 is 2.76 bits per heavy atom. The zero-order valence-corrected chi connectivity index (χ0v) is 11.1. The smallest absolute Gasteiger partial charge is 0.283 e. The van der Waals surface area contributed by atoms with Gasteiger partial charge in [0, 0.05) is 6.07 Å². The molecule has 0 spiro atoms. The third kappa shape index (κ3) is 3.49. The number of hydrogen-bond acceptors (Lipinski definition) is 4. The molecule has 5 nitrogen and oxygen atoms in total. The molecule has 0 aliphatic rings.